The molecule has 4 atom stereocenters. The number of methoxy groups -OCH3 is 2. The fourth-order valence-electron chi connectivity index (χ4n) is 5.51. The van der Waals surface area contributed by atoms with E-state index in [2.05, 4.69) is 0 Å². The molecule has 3 aromatic carbocycles. The molecular formula is C33H39NO7. The van der Waals surface area contributed by atoms with Gasteiger partial charge in [-0.2, -0.15) is 0 Å². The Labute approximate surface area is 241 Å². The van der Waals surface area contributed by atoms with Gasteiger partial charge in [-0.25, -0.2) is 4.79 Å². The number of carbonyl (C=O) groups excluding carboxylic acids is 2. The first-order chi connectivity index (χ1) is 19.8. The van der Waals surface area contributed by atoms with Crippen LogP contribution in [0.4, 0.5) is 4.79 Å². The lowest BCUT2D eigenvalue weighted by Crippen LogP contribution is -2.70. The summed E-state index contributed by atoms with van der Waals surface area (Å²) in [4.78, 5) is 28.1. The fraction of sp³-hybridized carbons (Fsp3) is 0.394. The van der Waals surface area contributed by atoms with Crippen LogP contribution in [0.2, 0.25) is 0 Å². The van der Waals surface area contributed by atoms with Crippen molar-refractivity contribution < 1.29 is 33.6 Å². The average molecular weight is 562 g/mol. The second-order valence-corrected chi connectivity index (χ2v) is 10.5. The largest absolute Gasteiger partial charge is 0.508 e. The van der Waals surface area contributed by atoms with Gasteiger partial charge in [-0.1, -0.05) is 61.5 Å². The first kappa shape index (κ1) is 29.9. The van der Waals surface area contributed by atoms with Crippen molar-refractivity contribution in [1.82, 2.24) is 4.90 Å². The van der Waals surface area contributed by atoms with Crippen molar-refractivity contribution in [1.29, 1.82) is 0 Å². The molecule has 1 fully saturated rings. The average Bonchev–Trinajstić information content (AvgIpc) is 2.99. The van der Waals surface area contributed by atoms with Gasteiger partial charge in [-0.15, -0.1) is 0 Å². The molecule has 3 aromatic rings. The molecule has 1 aliphatic rings. The topological polar surface area (TPSA) is 94.5 Å². The molecule has 0 bridgehead atoms. The van der Waals surface area contributed by atoms with Crippen LogP contribution >= 0.6 is 0 Å². The first-order valence-corrected chi connectivity index (χ1v) is 13.9. The summed E-state index contributed by atoms with van der Waals surface area (Å²) in [6.07, 6.45) is -0.325. The van der Waals surface area contributed by atoms with Gasteiger partial charge < -0.3 is 29.0 Å². The number of β-lactam (4-membered cyclic amide) rings is 1. The van der Waals surface area contributed by atoms with Gasteiger partial charge in [0.15, 0.2) is 0 Å². The van der Waals surface area contributed by atoms with Crippen molar-refractivity contribution in [3.05, 3.63) is 95.6 Å². The van der Waals surface area contributed by atoms with Gasteiger partial charge in [0, 0.05) is 18.6 Å². The summed E-state index contributed by atoms with van der Waals surface area (Å²) in [6.45, 7) is 3.60. The van der Waals surface area contributed by atoms with E-state index < -0.39 is 18.2 Å². The normalized spacial score (nSPS) is 17.9. The molecule has 1 saturated heterocycles. The van der Waals surface area contributed by atoms with Crippen molar-refractivity contribution in [3.8, 4) is 11.5 Å². The maximum atomic E-state index is 13.8. The maximum Gasteiger partial charge on any atom is 0.508 e. The van der Waals surface area contributed by atoms with E-state index in [9.17, 15) is 14.7 Å². The minimum atomic E-state index is -0.823. The van der Waals surface area contributed by atoms with Crippen LogP contribution in [0.25, 0.3) is 0 Å². The van der Waals surface area contributed by atoms with Crippen molar-refractivity contribution in [2.45, 2.75) is 51.5 Å². The molecule has 1 heterocycles. The minimum Gasteiger partial charge on any atom is -0.497 e. The van der Waals surface area contributed by atoms with Gasteiger partial charge in [0.1, 0.15) is 24.2 Å². The standard InChI is InChI=1S/C33H39NO7/c1-22(20-35)31-30(23(2)41-33(37)40-21-26-8-6-5-7-9-26)32(36)34(31)27(18-24-10-14-28(38-3)15-11-24)19-25-12-16-29(39-4)17-13-25/h5-17,22-23,27,30-31,35H,18-21H2,1-4H3/t22?,23-,30-,31-/m1/s1. The van der Waals surface area contributed by atoms with E-state index in [1.807, 2.05) is 90.7 Å². The van der Waals surface area contributed by atoms with E-state index in [1.54, 1.807) is 21.1 Å². The smallest absolute Gasteiger partial charge is 0.497 e. The third-order valence-corrected chi connectivity index (χ3v) is 7.74. The predicted octanol–water partition coefficient (Wildman–Crippen LogP) is 5.05. The molecule has 0 spiro atoms. The molecule has 1 unspecified atom stereocenters. The third-order valence-electron chi connectivity index (χ3n) is 7.74. The molecular weight excluding hydrogens is 522 g/mol. The summed E-state index contributed by atoms with van der Waals surface area (Å²) in [7, 11) is 3.25. The molecule has 41 heavy (non-hydrogen) atoms. The monoisotopic (exact) mass is 561 g/mol. The molecule has 1 amide bonds. The lowest BCUT2D eigenvalue weighted by molar-refractivity contribution is -0.176. The Balaban J connectivity index is 1.52. The summed E-state index contributed by atoms with van der Waals surface area (Å²) in [5, 5.41) is 10.1. The number of ether oxygens (including phenoxy) is 4. The lowest BCUT2D eigenvalue weighted by Gasteiger charge is -2.54. The number of benzene rings is 3. The number of aliphatic hydroxyl groups is 1. The highest BCUT2D eigenvalue weighted by atomic mass is 16.7. The molecule has 1 aliphatic heterocycles. The van der Waals surface area contributed by atoms with E-state index >= 15 is 0 Å². The SMILES string of the molecule is COc1ccc(CC(Cc2ccc(OC)cc2)N2C(=O)[C@H]([C@@H](C)OC(=O)OCc3ccccc3)[C@H]2C(C)CO)cc1. The zero-order valence-electron chi connectivity index (χ0n) is 24.1. The van der Waals surface area contributed by atoms with Crippen molar-refractivity contribution in [2.24, 2.45) is 11.8 Å². The second-order valence-electron chi connectivity index (χ2n) is 10.5. The Morgan fingerprint density at radius 1 is 0.829 bits per heavy atom. The number of hydrogen-bond donors (Lipinski definition) is 1. The number of rotatable bonds is 13. The highest BCUT2D eigenvalue weighted by Gasteiger charge is 2.55. The molecule has 4 rings (SSSR count). The number of hydrogen-bond acceptors (Lipinski definition) is 7. The molecule has 0 radical (unpaired) electrons. The summed E-state index contributed by atoms with van der Waals surface area (Å²) >= 11 is 0. The molecule has 8 nitrogen and oxygen atoms in total. The molecule has 8 heteroatoms. The molecule has 0 saturated carbocycles. The highest BCUT2D eigenvalue weighted by Crippen LogP contribution is 2.39. The van der Waals surface area contributed by atoms with E-state index in [0.29, 0.717) is 12.8 Å². The van der Waals surface area contributed by atoms with Crippen molar-refractivity contribution in [2.75, 3.05) is 20.8 Å². The predicted molar refractivity (Wildman–Crippen MR) is 155 cm³/mol. The summed E-state index contributed by atoms with van der Waals surface area (Å²) in [6, 6.07) is 24.5. The Morgan fingerprint density at radius 3 is 1.85 bits per heavy atom. The summed E-state index contributed by atoms with van der Waals surface area (Å²) in [5.41, 5.74) is 2.96. The van der Waals surface area contributed by atoms with Crippen LogP contribution in [-0.4, -0.2) is 61.1 Å². The second kappa shape index (κ2) is 14.0. The summed E-state index contributed by atoms with van der Waals surface area (Å²) < 4.78 is 21.5. The van der Waals surface area contributed by atoms with Gasteiger partial charge in [0.2, 0.25) is 5.91 Å². The van der Waals surface area contributed by atoms with Crippen LogP contribution in [0.1, 0.15) is 30.5 Å². The Kier molecular flexibility index (Phi) is 10.2. The molecule has 0 aliphatic carbocycles. The zero-order valence-corrected chi connectivity index (χ0v) is 24.1. The van der Waals surface area contributed by atoms with Crippen LogP contribution in [0.3, 0.4) is 0 Å². The van der Waals surface area contributed by atoms with Gasteiger partial charge in [0.05, 0.1) is 26.2 Å². The number of nitrogens with zero attached hydrogens (tertiary/aromatic N) is 1. The van der Waals surface area contributed by atoms with E-state index in [4.69, 9.17) is 18.9 Å². The maximum absolute atomic E-state index is 13.8. The van der Waals surface area contributed by atoms with Gasteiger partial charge in [-0.3, -0.25) is 4.79 Å². The van der Waals surface area contributed by atoms with Crippen LogP contribution in [-0.2, 0) is 33.7 Å². The molecule has 1 N–H and O–H groups in total. The number of amides is 1. The van der Waals surface area contributed by atoms with E-state index in [-0.39, 0.29) is 37.1 Å². The van der Waals surface area contributed by atoms with Crippen LogP contribution in [0.15, 0.2) is 78.9 Å². The number of likely N-dealkylation sites (tertiary alicyclic amines) is 1. The quantitative estimate of drug-likeness (QED) is 0.230. The van der Waals surface area contributed by atoms with Crippen molar-refractivity contribution >= 4 is 12.1 Å². The first-order valence-electron chi connectivity index (χ1n) is 13.9. The summed E-state index contributed by atoms with van der Waals surface area (Å²) in [5.74, 6) is 0.606. The molecule has 218 valence electrons. The fourth-order valence-corrected chi connectivity index (χ4v) is 5.51. The Hall–Kier alpha value is -4.04. The van der Waals surface area contributed by atoms with Crippen molar-refractivity contribution in [3.63, 3.8) is 0 Å². The van der Waals surface area contributed by atoms with Crippen LogP contribution in [0.5, 0.6) is 11.5 Å². The molecule has 0 aromatic heterocycles. The zero-order chi connectivity index (χ0) is 29.4. The van der Waals surface area contributed by atoms with E-state index in [0.717, 1.165) is 28.2 Å². The van der Waals surface area contributed by atoms with E-state index in [1.165, 1.54) is 0 Å². The Morgan fingerprint density at radius 2 is 1.37 bits per heavy atom. The number of carbonyl (C=O) groups is 2. The van der Waals surface area contributed by atoms with Gasteiger partial charge in [0.25, 0.3) is 0 Å². The Bertz CT molecular complexity index is 1210. The van der Waals surface area contributed by atoms with Crippen LogP contribution in [0, 0.1) is 11.8 Å². The lowest BCUT2D eigenvalue weighted by atomic mass is 9.74. The van der Waals surface area contributed by atoms with Gasteiger partial charge in [-0.05, 0) is 60.7 Å². The highest BCUT2D eigenvalue weighted by molar-refractivity contribution is 5.87. The van der Waals surface area contributed by atoms with Crippen LogP contribution < -0.4 is 9.47 Å². The third kappa shape index (κ3) is 7.38. The van der Waals surface area contributed by atoms with Gasteiger partial charge >= 0.3 is 6.16 Å². The minimum absolute atomic E-state index is 0.0827. The number of aliphatic hydroxyl groups excluding tert-OH is 1.